The van der Waals surface area contributed by atoms with Crippen LogP contribution in [0.4, 0.5) is 0 Å². The zero-order valence-electron chi connectivity index (χ0n) is 17.7. The van der Waals surface area contributed by atoms with Crippen molar-refractivity contribution in [2.24, 2.45) is 0 Å². The van der Waals surface area contributed by atoms with Gasteiger partial charge in [0, 0.05) is 25.5 Å². The molecule has 2 aromatic rings. The van der Waals surface area contributed by atoms with Crippen LogP contribution in [0, 0.1) is 0 Å². The van der Waals surface area contributed by atoms with E-state index in [2.05, 4.69) is 0 Å². The molecule has 0 radical (unpaired) electrons. The molecular weight excluding hydrogens is 386 g/mol. The summed E-state index contributed by atoms with van der Waals surface area (Å²) in [6.45, 7) is 0.806. The van der Waals surface area contributed by atoms with Gasteiger partial charge in [-0.2, -0.15) is 0 Å². The van der Waals surface area contributed by atoms with Crippen LogP contribution in [0.25, 0.3) is 0 Å². The van der Waals surface area contributed by atoms with Gasteiger partial charge >= 0.3 is 0 Å². The van der Waals surface area contributed by atoms with E-state index in [-0.39, 0.29) is 18.6 Å². The summed E-state index contributed by atoms with van der Waals surface area (Å²) in [5.74, 6) is 2.58. The number of aliphatic hydroxyl groups is 1. The zero-order chi connectivity index (χ0) is 21.5. The lowest BCUT2D eigenvalue weighted by Gasteiger charge is -2.36. The van der Waals surface area contributed by atoms with Crippen LogP contribution in [0.3, 0.4) is 0 Å². The van der Waals surface area contributed by atoms with E-state index in [0.717, 1.165) is 11.3 Å². The number of nitrogens with zero attached hydrogens (tertiary/aromatic N) is 1. The third kappa shape index (κ3) is 5.36. The van der Waals surface area contributed by atoms with Gasteiger partial charge in [0.25, 0.3) is 0 Å². The molecule has 162 valence electrons. The smallest absolute Gasteiger partial charge is 0.222 e. The summed E-state index contributed by atoms with van der Waals surface area (Å²) in [6, 6.07) is 13.0. The number of carbonyl (C=O) groups excluding carboxylic acids is 1. The van der Waals surface area contributed by atoms with E-state index >= 15 is 0 Å². The Morgan fingerprint density at radius 2 is 1.83 bits per heavy atom. The maximum Gasteiger partial charge on any atom is 0.222 e. The van der Waals surface area contributed by atoms with Crippen LogP contribution in [0.15, 0.2) is 42.5 Å². The summed E-state index contributed by atoms with van der Waals surface area (Å²) in [4.78, 5) is 14.3. The van der Waals surface area contributed by atoms with Crippen LogP contribution >= 0.6 is 0 Å². The van der Waals surface area contributed by atoms with Crippen molar-refractivity contribution in [3.63, 3.8) is 0 Å². The first-order valence-corrected chi connectivity index (χ1v) is 10.0. The van der Waals surface area contributed by atoms with Crippen molar-refractivity contribution in [1.29, 1.82) is 0 Å². The number of piperidine rings is 1. The maximum atomic E-state index is 12.6. The van der Waals surface area contributed by atoms with Gasteiger partial charge in [-0.3, -0.25) is 4.79 Å². The molecule has 1 aliphatic heterocycles. The van der Waals surface area contributed by atoms with Crippen LogP contribution in [-0.2, 0) is 11.2 Å². The predicted octanol–water partition coefficient (Wildman–Crippen LogP) is 2.69. The molecule has 2 aromatic carbocycles. The van der Waals surface area contributed by atoms with Gasteiger partial charge in [0.05, 0.1) is 27.9 Å². The molecule has 1 fully saturated rings. The van der Waals surface area contributed by atoms with Gasteiger partial charge < -0.3 is 29.0 Å². The molecule has 7 heteroatoms. The molecule has 1 amide bonds. The Labute approximate surface area is 177 Å². The minimum absolute atomic E-state index is 0.0291. The molecule has 0 aromatic heterocycles. The lowest BCUT2D eigenvalue weighted by atomic mass is 10.0. The highest BCUT2D eigenvalue weighted by Crippen LogP contribution is 2.32. The van der Waals surface area contributed by atoms with Crippen LogP contribution in [0.5, 0.6) is 23.0 Å². The summed E-state index contributed by atoms with van der Waals surface area (Å²) in [6.07, 6.45) is 0.438. The fourth-order valence-corrected chi connectivity index (χ4v) is 3.58. The summed E-state index contributed by atoms with van der Waals surface area (Å²) in [5, 5.41) is 10.5. The van der Waals surface area contributed by atoms with Crippen LogP contribution < -0.4 is 18.9 Å². The largest absolute Gasteiger partial charge is 0.497 e. The number of aliphatic hydroxyl groups excluding tert-OH is 1. The Bertz CT molecular complexity index is 855. The second kappa shape index (κ2) is 10.2. The van der Waals surface area contributed by atoms with Gasteiger partial charge in [-0.15, -0.1) is 0 Å². The lowest BCUT2D eigenvalue weighted by molar-refractivity contribution is -0.137. The molecule has 0 aliphatic carbocycles. The Morgan fingerprint density at radius 3 is 2.53 bits per heavy atom. The number of carbonyl (C=O) groups is 1. The second-order valence-electron chi connectivity index (χ2n) is 7.22. The van der Waals surface area contributed by atoms with Crippen molar-refractivity contribution in [2.45, 2.75) is 31.5 Å². The number of amides is 1. The van der Waals surface area contributed by atoms with Crippen LogP contribution in [0.2, 0.25) is 0 Å². The lowest BCUT2D eigenvalue weighted by Crippen LogP contribution is -2.51. The minimum atomic E-state index is -0.757. The van der Waals surface area contributed by atoms with Crippen molar-refractivity contribution in [1.82, 2.24) is 4.90 Å². The van der Waals surface area contributed by atoms with Crippen molar-refractivity contribution in [3.05, 3.63) is 48.0 Å². The van der Waals surface area contributed by atoms with Crippen molar-refractivity contribution in [2.75, 3.05) is 34.4 Å². The fourth-order valence-electron chi connectivity index (χ4n) is 3.58. The number of likely N-dealkylation sites (tertiary alicyclic amines) is 1. The average Bonchev–Trinajstić information content (AvgIpc) is 2.78. The highest BCUT2D eigenvalue weighted by Gasteiger charge is 2.31. The van der Waals surface area contributed by atoms with E-state index < -0.39 is 6.10 Å². The number of benzene rings is 2. The van der Waals surface area contributed by atoms with Gasteiger partial charge in [-0.25, -0.2) is 0 Å². The molecular formula is C23H29NO6. The monoisotopic (exact) mass is 415 g/mol. The molecule has 1 N–H and O–H groups in total. The van der Waals surface area contributed by atoms with Crippen molar-refractivity contribution < 1.29 is 28.8 Å². The summed E-state index contributed by atoms with van der Waals surface area (Å²) in [7, 11) is 4.76. The third-order valence-electron chi connectivity index (χ3n) is 5.28. The van der Waals surface area contributed by atoms with E-state index in [1.165, 1.54) is 0 Å². The molecule has 0 spiro atoms. The van der Waals surface area contributed by atoms with Gasteiger partial charge in [0.2, 0.25) is 5.91 Å². The summed E-state index contributed by atoms with van der Waals surface area (Å²) in [5.41, 5.74) is 1.05. The molecule has 3 rings (SSSR count). The third-order valence-corrected chi connectivity index (χ3v) is 5.28. The fraction of sp³-hybridized carbons (Fsp3) is 0.435. The van der Waals surface area contributed by atoms with Gasteiger partial charge in [-0.1, -0.05) is 12.1 Å². The Morgan fingerprint density at radius 1 is 1.03 bits per heavy atom. The maximum absolute atomic E-state index is 12.6. The summed E-state index contributed by atoms with van der Waals surface area (Å²) >= 11 is 0. The minimum Gasteiger partial charge on any atom is -0.497 e. The Hall–Kier alpha value is -2.93. The first-order chi connectivity index (χ1) is 14.5. The standard InChI is InChI=1S/C23H29NO6/c1-27-17-6-4-5-16(13-17)7-10-23(26)24-12-11-20(19(25)15-24)30-18-8-9-21(28-2)22(14-18)29-3/h4-6,8-9,13-14,19-20,25H,7,10-12,15H2,1-3H3/t19-,20-/m1/s1. The number of β-amino-alcohol motifs (C(OH)–C–C–N with tert-alkyl or cyclic N) is 1. The molecule has 30 heavy (non-hydrogen) atoms. The highest BCUT2D eigenvalue weighted by atomic mass is 16.5. The highest BCUT2D eigenvalue weighted by molar-refractivity contribution is 5.76. The Balaban J connectivity index is 1.52. The zero-order valence-corrected chi connectivity index (χ0v) is 17.7. The van der Waals surface area contributed by atoms with E-state index in [1.54, 1.807) is 44.4 Å². The molecule has 0 unspecified atom stereocenters. The van der Waals surface area contributed by atoms with Crippen LogP contribution in [0.1, 0.15) is 18.4 Å². The second-order valence-corrected chi connectivity index (χ2v) is 7.22. The number of methoxy groups -OCH3 is 3. The average molecular weight is 415 g/mol. The topological polar surface area (TPSA) is 77.5 Å². The quantitative estimate of drug-likeness (QED) is 0.714. The van der Waals surface area contributed by atoms with Crippen molar-refractivity contribution >= 4 is 5.91 Å². The normalized spacial score (nSPS) is 18.6. The van der Waals surface area contributed by atoms with Crippen molar-refractivity contribution in [3.8, 4) is 23.0 Å². The number of hydrogen-bond donors (Lipinski definition) is 1. The van der Waals surface area contributed by atoms with E-state index in [0.29, 0.717) is 43.1 Å². The summed E-state index contributed by atoms with van der Waals surface area (Å²) < 4.78 is 21.7. The molecule has 0 saturated carbocycles. The molecule has 0 bridgehead atoms. The van der Waals surface area contributed by atoms with Gasteiger partial charge in [-0.05, 0) is 36.2 Å². The number of rotatable bonds is 8. The predicted molar refractivity (Wildman–Crippen MR) is 112 cm³/mol. The number of ether oxygens (including phenoxy) is 4. The molecule has 1 heterocycles. The van der Waals surface area contributed by atoms with E-state index in [9.17, 15) is 9.90 Å². The molecule has 1 saturated heterocycles. The van der Waals surface area contributed by atoms with Gasteiger partial charge in [0.1, 0.15) is 23.7 Å². The first-order valence-electron chi connectivity index (χ1n) is 10.0. The number of aryl methyl sites for hydroxylation is 1. The first kappa shape index (κ1) is 21.8. The molecule has 1 aliphatic rings. The molecule has 7 nitrogen and oxygen atoms in total. The van der Waals surface area contributed by atoms with E-state index in [1.807, 2.05) is 24.3 Å². The SMILES string of the molecule is COc1cccc(CCC(=O)N2CC[C@@H](Oc3ccc(OC)c(OC)c3)[C@H](O)C2)c1. The molecule has 2 atom stereocenters. The number of hydrogen-bond acceptors (Lipinski definition) is 6. The Kier molecular flexibility index (Phi) is 7.41. The van der Waals surface area contributed by atoms with Gasteiger partial charge in [0.15, 0.2) is 11.5 Å². The van der Waals surface area contributed by atoms with Crippen LogP contribution in [-0.4, -0.2) is 62.5 Å². The van der Waals surface area contributed by atoms with E-state index in [4.69, 9.17) is 18.9 Å².